The molecule has 1 saturated carbocycles. The summed E-state index contributed by atoms with van der Waals surface area (Å²) in [7, 11) is 0. The summed E-state index contributed by atoms with van der Waals surface area (Å²) in [5, 5.41) is 8.85. The van der Waals surface area contributed by atoms with Crippen LogP contribution in [0.1, 0.15) is 19.3 Å². The van der Waals surface area contributed by atoms with Crippen molar-refractivity contribution in [1.29, 1.82) is 0 Å². The van der Waals surface area contributed by atoms with Crippen molar-refractivity contribution in [3.63, 3.8) is 0 Å². The SMILES string of the molecule is N[C@@]1(C(=O)O)C[C@]12CCCOC2. The van der Waals surface area contributed by atoms with E-state index in [9.17, 15) is 4.79 Å². The van der Waals surface area contributed by atoms with Gasteiger partial charge in [0, 0.05) is 12.0 Å². The number of ether oxygens (including phenoxy) is 1. The van der Waals surface area contributed by atoms with Crippen LogP contribution in [0.15, 0.2) is 0 Å². The number of aliphatic carboxylic acids is 1. The van der Waals surface area contributed by atoms with E-state index in [0.29, 0.717) is 13.0 Å². The van der Waals surface area contributed by atoms with Crippen LogP contribution in [0, 0.1) is 5.41 Å². The second kappa shape index (κ2) is 2.20. The maximum absolute atomic E-state index is 10.8. The lowest BCUT2D eigenvalue weighted by Crippen LogP contribution is -2.42. The van der Waals surface area contributed by atoms with E-state index in [2.05, 4.69) is 0 Å². The fourth-order valence-electron chi connectivity index (χ4n) is 2.14. The molecule has 68 valence electrons. The van der Waals surface area contributed by atoms with Gasteiger partial charge >= 0.3 is 5.97 Å². The van der Waals surface area contributed by atoms with Gasteiger partial charge in [0.05, 0.1) is 6.61 Å². The second-order valence-electron chi connectivity index (χ2n) is 3.89. The Morgan fingerprint density at radius 1 is 1.58 bits per heavy atom. The van der Waals surface area contributed by atoms with E-state index in [1.54, 1.807) is 0 Å². The number of rotatable bonds is 1. The fourth-order valence-corrected chi connectivity index (χ4v) is 2.14. The van der Waals surface area contributed by atoms with E-state index >= 15 is 0 Å². The number of hydrogen-bond acceptors (Lipinski definition) is 3. The normalized spacial score (nSPS) is 46.1. The Kier molecular flexibility index (Phi) is 1.47. The summed E-state index contributed by atoms with van der Waals surface area (Å²) in [6.07, 6.45) is 2.41. The van der Waals surface area contributed by atoms with E-state index in [0.717, 1.165) is 19.4 Å². The minimum absolute atomic E-state index is 0.239. The molecule has 2 rings (SSSR count). The molecule has 0 aromatic heterocycles. The molecular weight excluding hydrogens is 158 g/mol. The standard InChI is InChI=1S/C8H13NO3/c9-8(6(10)11)4-7(8)2-1-3-12-5-7/h1-5,9H2,(H,10,11)/t7-,8+/m0/s1. The minimum Gasteiger partial charge on any atom is -0.480 e. The van der Waals surface area contributed by atoms with Crippen molar-refractivity contribution in [3.05, 3.63) is 0 Å². The molecule has 2 aliphatic rings. The zero-order valence-corrected chi connectivity index (χ0v) is 6.88. The molecule has 1 spiro atoms. The number of carboxylic acids is 1. The van der Waals surface area contributed by atoms with E-state index in [4.69, 9.17) is 15.6 Å². The lowest BCUT2D eigenvalue weighted by Gasteiger charge is -2.24. The van der Waals surface area contributed by atoms with Gasteiger partial charge in [-0.1, -0.05) is 0 Å². The van der Waals surface area contributed by atoms with Gasteiger partial charge in [0.25, 0.3) is 0 Å². The molecule has 0 unspecified atom stereocenters. The van der Waals surface area contributed by atoms with E-state index in [1.165, 1.54) is 0 Å². The highest BCUT2D eigenvalue weighted by Gasteiger charge is 2.70. The second-order valence-corrected chi connectivity index (χ2v) is 3.89. The molecule has 0 aromatic rings. The molecule has 1 aliphatic carbocycles. The van der Waals surface area contributed by atoms with Crippen LogP contribution >= 0.6 is 0 Å². The summed E-state index contributed by atoms with van der Waals surface area (Å²) < 4.78 is 5.25. The van der Waals surface area contributed by atoms with Gasteiger partial charge in [-0.15, -0.1) is 0 Å². The molecule has 4 heteroatoms. The topological polar surface area (TPSA) is 72.6 Å². The summed E-state index contributed by atoms with van der Waals surface area (Å²) in [4.78, 5) is 10.8. The molecule has 0 bridgehead atoms. The first-order chi connectivity index (χ1) is 5.61. The van der Waals surface area contributed by atoms with Crippen molar-refractivity contribution >= 4 is 5.97 Å². The Hall–Kier alpha value is -0.610. The number of hydrogen-bond donors (Lipinski definition) is 2. The first-order valence-corrected chi connectivity index (χ1v) is 4.21. The van der Waals surface area contributed by atoms with Gasteiger partial charge < -0.3 is 15.6 Å². The third-order valence-electron chi connectivity index (χ3n) is 3.14. The van der Waals surface area contributed by atoms with Crippen molar-refractivity contribution in [2.24, 2.45) is 11.1 Å². The van der Waals surface area contributed by atoms with Crippen molar-refractivity contribution < 1.29 is 14.6 Å². The summed E-state index contributed by atoms with van der Waals surface area (Å²) in [5.41, 5.74) is 4.49. The monoisotopic (exact) mass is 171 g/mol. The summed E-state index contributed by atoms with van der Waals surface area (Å²) in [6.45, 7) is 1.27. The molecule has 0 amide bonds. The largest absolute Gasteiger partial charge is 0.480 e. The summed E-state index contributed by atoms with van der Waals surface area (Å²) in [6, 6.07) is 0. The molecule has 2 atom stereocenters. The van der Waals surface area contributed by atoms with Crippen molar-refractivity contribution in [2.45, 2.75) is 24.8 Å². The van der Waals surface area contributed by atoms with Crippen LogP contribution in [0.4, 0.5) is 0 Å². The van der Waals surface area contributed by atoms with Crippen LogP contribution in [0.5, 0.6) is 0 Å². The minimum atomic E-state index is -0.993. The van der Waals surface area contributed by atoms with Crippen LogP contribution < -0.4 is 5.73 Å². The van der Waals surface area contributed by atoms with Crippen LogP contribution in [-0.2, 0) is 9.53 Å². The van der Waals surface area contributed by atoms with Gasteiger partial charge in [0.1, 0.15) is 5.54 Å². The van der Waals surface area contributed by atoms with Crippen molar-refractivity contribution in [1.82, 2.24) is 0 Å². The molecule has 3 N–H and O–H groups in total. The molecule has 1 aliphatic heterocycles. The molecular formula is C8H13NO3. The zero-order chi connectivity index (χ0) is 8.82. The van der Waals surface area contributed by atoms with Crippen LogP contribution in [0.3, 0.4) is 0 Å². The third kappa shape index (κ3) is 0.820. The predicted molar refractivity (Wildman–Crippen MR) is 41.7 cm³/mol. The molecule has 12 heavy (non-hydrogen) atoms. The molecule has 2 fully saturated rings. The molecule has 0 radical (unpaired) electrons. The molecule has 1 saturated heterocycles. The van der Waals surface area contributed by atoms with Crippen LogP contribution in [-0.4, -0.2) is 29.8 Å². The Morgan fingerprint density at radius 2 is 2.33 bits per heavy atom. The zero-order valence-electron chi connectivity index (χ0n) is 6.88. The third-order valence-corrected chi connectivity index (χ3v) is 3.14. The Balaban J connectivity index is 2.12. The lowest BCUT2D eigenvalue weighted by atomic mass is 9.93. The van der Waals surface area contributed by atoms with Gasteiger partial charge in [-0.25, -0.2) is 0 Å². The average molecular weight is 171 g/mol. The van der Waals surface area contributed by atoms with Crippen LogP contribution in [0.2, 0.25) is 0 Å². The average Bonchev–Trinajstić information content (AvgIpc) is 2.59. The first kappa shape index (κ1) is 8.01. The van der Waals surface area contributed by atoms with Crippen molar-refractivity contribution in [2.75, 3.05) is 13.2 Å². The van der Waals surface area contributed by atoms with Gasteiger partial charge in [-0.05, 0) is 19.3 Å². The van der Waals surface area contributed by atoms with Gasteiger partial charge in [-0.3, -0.25) is 4.79 Å². The molecule has 1 heterocycles. The number of nitrogens with two attached hydrogens (primary N) is 1. The highest BCUT2D eigenvalue weighted by atomic mass is 16.5. The maximum atomic E-state index is 10.8. The number of carboxylic acid groups (broad SMARTS) is 1. The Morgan fingerprint density at radius 3 is 2.75 bits per heavy atom. The fraction of sp³-hybridized carbons (Fsp3) is 0.875. The highest BCUT2D eigenvalue weighted by Crippen LogP contribution is 2.59. The highest BCUT2D eigenvalue weighted by molar-refractivity contribution is 5.84. The van der Waals surface area contributed by atoms with E-state index < -0.39 is 11.5 Å². The smallest absolute Gasteiger partial charge is 0.324 e. The molecule has 4 nitrogen and oxygen atoms in total. The lowest BCUT2D eigenvalue weighted by molar-refractivity contribution is -0.141. The number of carbonyl (C=O) groups is 1. The van der Waals surface area contributed by atoms with E-state index in [-0.39, 0.29) is 5.41 Å². The van der Waals surface area contributed by atoms with Crippen molar-refractivity contribution in [3.8, 4) is 0 Å². The quantitative estimate of drug-likeness (QED) is 0.581. The van der Waals surface area contributed by atoms with Crippen LogP contribution in [0.25, 0.3) is 0 Å². The predicted octanol–water partition coefficient (Wildman–Crippen LogP) is -0.0310. The summed E-state index contributed by atoms with van der Waals surface area (Å²) in [5.74, 6) is -0.881. The summed E-state index contributed by atoms with van der Waals surface area (Å²) >= 11 is 0. The van der Waals surface area contributed by atoms with Gasteiger partial charge in [0.2, 0.25) is 0 Å². The van der Waals surface area contributed by atoms with E-state index in [1.807, 2.05) is 0 Å². The van der Waals surface area contributed by atoms with Gasteiger partial charge in [-0.2, -0.15) is 0 Å². The van der Waals surface area contributed by atoms with Gasteiger partial charge in [0.15, 0.2) is 0 Å². The Bertz CT molecular complexity index is 222. The maximum Gasteiger partial charge on any atom is 0.324 e. The Labute approximate surface area is 70.7 Å². The first-order valence-electron chi connectivity index (χ1n) is 4.21. The molecule has 0 aromatic carbocycles.